The fraction of sp³-hybridized carbons (Fsp3) is 0.200. The molecule has 3 aromatic rings. The van der Waals surface area contributed by atoms with Crippen molar-refractivity contribution in [2.24, 2.45) is 0 Å². The normalized spacial score (nSPS) is 12.8. The molecule has 0 fully saturated rings. The van der Waals surface area contributed by atoms with Crippen LogP contribution in [-0.2, 0) is 0 Å². The number of halogens is 2. The summed E-state index contributed by atoms with van der Waals surface area (Å²) >= 11 is 5.92. The zero-order valence-corrected chi connectivity index (χ0v) is 15.1. The molecule has 0 aliphatic rings. The second-order valence-electron chi connectivity index (χ2n) is 6.64. The fourth-order valence-corrected chi connectivity index (χ4v) is 2.99. The second kappa shape index (κ2) is 7.02. The Hall–Kier alpha value is -2.50. The summed E-state index contributed by atoms with van der Waals surface area (Å²) in [6.07, 6.45) is 1.55. The number of pyridine rings is 1. The van der Waals surface area contributed by atoms with Crippen LogP contribution >= 0.6 is 11.6 Å². The molecular weight excluding hydrogens is 355 g/mol. The van der Waals surface area contributed by atoms with E-state index in [1.807, 2.05) is 0 Å². The van der Waals surface area contributed by atoms with Crippen LogP contribution in [0.25, 0.3) is 10.9 Å². The summed E-state index contributed by atoms with van der Waals surface area (Å²) in [6.45, 7) is 3.18. The van der Waals surface area contributed by atoms with E-state index in [-0.39, 0.29) is 5.56 Å². The number of amides is 1. The van der Waals surface area contributed by atoms with Crippen LogP contribution in [0.3, 0.4) is 0 Å². The third-order valence-corrected chi connectivity index (χ3v) is 4.35. The van der Waals surface area contributed by atoms with Crippen LogP contribution in [0.5, 0.6) is 0 Å². The van der Waals surface area contributed by atoms with Crippen LogP contribution in [0, 0.1) is 5.82 Å². The first-order valence-electron chi connectivity index (χ1n) is 8.08. The van der Waals surface area contributed by atoms with E-state index >= 15 is 0 Å². The molecule has 0 bridgehead atoms. The minimum absolute atomic E-state index is 0.115. The lowest BCUT2D eigenvalue weighted by Crippen LogP contribution is -2.42. The first kappa shape index (κ1) is 18.3. The number of benzene rings is 2. The monoisotopic (exact) mass is 372 g/mol. The standard InChI is InChI=1S/C20H18ClFN2O2/c1-20(2,26)18(12-5-7-14(21)8-6-12)24-19(25)16-11-15(22)10-13-4-3-9-23-17(13)16/h3-11,18,26H,1-2H3,(H,24,25). The minimum Gasteiger partial charge on any atom is -0.388 e. The average Bonchev–Trinajstić information content (AvgIpc) is 2.58. The van der Waals surface area contributed by atoms with Gasteiger partial charge in [-0.15, -0.1) is 0 Å². The average molecular weight is 373 g/mol. The quantitative estimate of drug-likeness (QED) is 0.719. The van der Waals surface area contributed by atoms with E-state index in [0.29, 0.717) is 21.5 Å². The number of hydrogen-bond donors (Lipinski definition) is 2. The maximum atomic E-state index is 13.9. The molecule has 3 rings (SSSR count). The number of carbonyl (C=O) groups is 1. The highest BCUT2D eigenvalue weighted by Crippen LogP contribution is 2.28. The van der Waals surface area contributed by atoms with Crippen LogP contribution in [0.2, 0.25) is 5.02 Å². The van der Waals surface area contributed by atoms with Gasteiger partial charge in [-0.25, -0.2) is 4.39 Å². The van der Waals surface area contributed by atoms with Crippen molar-refractivity contribution in [2.45, 2.75) is 25.5 Å². The predicted molar refractivity (Wildman–Crippen MR) is 99.7 cm³/mol. The summed E-state index contributed by atoms with van der Waals surface area (Å²) in [7, 11) is 0. The molecule has 0 spiro atoms. The Morgan fingerprint density at radius 1 is 1.23 bits per heavy atom. The molecule has 2 N–H and O–H groups in total. The van der Waals surface area contributed by atoms with E-state index < -0.39 is 23.4 Å². The molecule has 2 aromatic carbocycles. The summed E-state index contributed by atoms with van der Waals surface area (Å²) < 4.78 is 13.9. The van der Waals surface area contributed by atoms with Gasteiger partial charge in [0.25, 0.3) is 5.91 Å². The highest BCUT2D eigenvalue weighted by molar-refractivity contribution is 6.30. The Labute approximate surface area is 155 Å². The molecule has 1 unspecified atom stereocenters. The maximum Gasteiger partial charge on any atom is 0.254 e. The lowest BCUT2D eigenvalue weighted by Gasteiger charge is -2.30. The molecule has 1 aromatic heterocycles. The largest absolute Gasteiger partial charge is 0.388 e. The molecule has 0 radical (unpaired) electrons. The van der Waals surface area contributed by atoms with Crippen molar-refractivity contribution >= 4 is 28.4 Å². The van der Waals surface area contributed by atoms with Gasteiger partial charge in [-0.05, 0) is 49.7 Å². The van der Waals surface area contributed by atoms with Gasteiger partial charge in [0, 0.05) is 16.6 Å². The number of fused-ring (bicyclic) bond motifs is 1. The molecule has 1 heterocycles. The summed E-state index contributed by atoms with van der Waals surface area (Å²) in [6, 6.07) is 11.9. The van der Waals surface area contributed by atoms with Crippen molar-refractivity contribution in [3.63, 3.8) is 0 Å². The molecule has 26 heavy (non-hydrogen) atoms. The van der Waals surface area contributed by atoms with Crippen molar-refractivity contribution in [1.29, 1.82) is 0 Å². The van der Waals surface area contributed by atoms with Crippen molar-refractivity contribution in [3.05, 3.63) is 76.7 Å². The number of rotatable bonds is 4. The number of carbonyl (C=O) groups excluding carboxylic acids is 1. The molecule has 1 atom stereocenters. The lowest BCUT2D eigenvalue weighted by atomic mass is 9.91. The maximum absolute atomic E-state index is 13.9. The molecular formula is C20H18ClFN2O2. The van der Waals surface area contributed by atoms with Crippen LogP contribution in [0.15, 0.2) is 54.7 Å². The van der Waals surface area contributed by atoms with Gasteiger partial charge in [0.05, 0.1) is 22.7 Å². The molecule has 1 amide bonds. The Bertz CT molecular complexity index is 952. The Balaban J connectivity index is 2.00. The topological polar surface area (TPSA) is 62.2 Å². The van der Waals surface area contributed by atoms with Crippen LogP contribution in [-0.4, -0.2) is 21.6 Å². The summed E-state index contributed by atoms with van der Waals surface area (Å²) in [5.74, 6) is -1.04. The summed E-state index contributed by atoms with van der Waals surface area (Å²) in [5.41, 5.74) is -0.0511. The van der Waals surface area contributed by atoms with Crippen LogP contribution in [0.1, 0.15) is 35.8 Å². The molecule has 0 aliphatic carbocycles. The highest BCUT2D eigenvalue weighted by atomic mass is 35.5. The Kier molecular flexibility index (Phi) is 4.94. The first-order valence-corrected chi connectivity index (χ1v) is 8.46. The number of aliphatic hydroxyl groups is 1. The zero-order valence-electron chi connectivity index (χ0n) is 14.3. The lowest BCUT2D eigenvalue weighted by molar-refractivity contribution is 0.0344. The highest BCUT2D eigenvalue weighted by Gasteiger charge is 2.30. The SMILES string of the molecule is CC(C)(O)C(NC(=O)c1cc(F)cc2cccnc12)c1ccc(Cl)cc1. The first-order chi connectivity index (χ1) is 12.3. The number of hydrogen-bond acceptors (Lipinski definition) is 3. The molecule has 0 saturated carbocycles. The van der Waals surface area contributed by atoms with Crippen LogP contribution < -0.4 is 5.32 Å². The fourth-order valence-electron chi connectivity index (χ4n) is 2.86. The Morgan fingerprint density at radius 3 is 2.58 bits per heavy atom. The number of aromatic nitrogens is 1. The zero-order chi connectivity index (χ0) is 18.9. The van der Waals surface area contributed by atoms with Crippen LogP contribution in [0.4, 0.5) is 4.39 Å². The number of nitrogens with zero attached hydrogens (tertiary/aromatic N) is 1. The second-order valence-corrected chi connectivity index (χ2v) is 7.08. The van der Waals surface area contributed by atoms with Crippen molar-refractivity contribution in [2.75, 3.05) is 0 Å². The van der Waals surface area contributed by atoms with E-state index in [1.165, 1.54) is 6.07 Å². The van der Waals surface area contributed by atoms with E-state index in [4.69, 9.17) is 11.6 Å². The van der Waals surface area contributed by atoms with Crippen molar-refractivity contribution in [1.82, 2.24) is 10.3 Å². The van der Waals surface area contributed by atoms with Gasteiger partial charge >= 0.3 is 0 Å². The van der Waals surface area contributed by atoms with Gasteiger partial charge in [-0.1, -0.05) is 29.8 Å². The van der Waals surface area contributed by atoms with E-state index in [9.17, 15) is 14.3 Å². The molecule has 0 aliphatic heterocycles. The third kappa shape index (κ3) is 3.84. The van der Waals surface area contributed by atoms with Gasteiger partial charge in [-0.2, -0.15) is 0 Å². The van der Waals surface area contributed by atoms with E-state index in [0.717, 1.165) is 6.07 Å². The minimum atomic E-state index is -1.25. The van der Waals surface area contributed by atoms with Gasteiger partial charge in [-0.3, -0.25) is 9.78 Å². The molecule has 4 nitrogen and oxygen atoms in total. The van der Waals surface area contributed by atoms with E-state index in [2.05, 4.69) is 10.3 Å². The number of nitrogens with one attached hydrogen (secondary N) is 1. The van der Waals surface area contributed by atoms with Gasteiger partial charge in [0.15, 0.2) is 0 Å². The van der Waals surface area contributed by atoms with Gasteiger partial charge in [0.2, 0.25) is 0 Å². The van der Waals surface area contributed by atoms with Crippen molar-refractivity contribution in [3.8, 4) is 0 Å². The molecule has 0 saturated heterocycles. The van der Waals surface area contributed by atoms with Crippen molar-refractivity contribution < 1.29 is 14.3 Å². The summed E-state index contributed by atoms with van der Waals surface area (Å²) in [4.78, 5) is 17.0. The van der Waals surface area contributed by atoms with E-state index in [1.54, 1.807) is 56.4 Å². The molecule has 6 heteroatoms. The predicted octanol–water partition coefficient (Wildman–Crippen LogP) is 4.27. The summed E-state index contributed by atoms with van der Waals surface area (Å²) in [5, 5.41) is 14.4. The Morgan fingerprint density at radius 2 is 1.92 bits per heavy atom. The van der Waals surface area contributed by atoms with Gasteiger partial charge < -0.3 is 10.4 Å². The molecule has 134 valence electrons. The van der Waals surface area contributed by atoms with Gasteiger partial charge in [0.1, 0.15) is 5.82 Å². The smallest absolute Gasteiger partial charge is 0.254 e. The third-order valence-electron chi connectivity index (χ3n) is 4.10.